The summed E-state index contributed by atoms with van der Waals surface area (Å²) in [4.78, 5) is 9.91. The molecule has 0 unspecified atom stereocenters. The van der Waals surface area contributed by atoms with Crippen molar-refractivity contribution < 1.29 is 9.78 Å². The van der Waals surface area contributed by atoms with Crippen molar-refractivity contribution in [2.45, 2.75) is 45.6 Å². The average molecular weight is 206 g/mol. The Bertz CT molecular complexity index is 320. The van der Waals surface area contributed by atoms with Crippen LogP contribution in [-0.2, 0) is 17.9 Å². The Morgan fingerprint density at radius 3 is 3.00 bits per heavy atom. The summed E-state index contributed by atoms with van der Waals surface area (Å²) in [6.45, 7) is 2.84. The van der Waals surface area contributed by atoms with Crippen LogP contribution in [0.15, 0.2) is 18.2 Å². The maximum Gasteiger partial charge on any atom is 0.171 e. The summed E-state index contributed by atoms with van der Waals surface area (Å²) < 4.78 is 0. The monoisotopic (exact) mass is 206 g/mol. The maximum absolute atomic E-state index is 5.00. The molecule has 0 aromatic heterocycles. The number of benzene rings is 1. The molecule has 1 heterocycles. The van der Waals surface area contributed by atoms with Gasteiger partial charge in [-0.2, -0.15) is 4.89 Å². The second kappa shape index (κ2) is 5.17. The standard InChI is InChI=1S/C13H18O2/c1-2-3-4-5-6-11-7-8-13-12(9-11)10-14-15-13/h7-9H,2-6,10H2,1H3. The average Bonchev–Trinajstić information content (AvgIpc) is 2.71. The van der Waals surface area contributed by atoms with E-state index in [2.05, 4.69) is 19.1 Å². The van der Waals surface area contributed by atoms with Crippen LogP contribution in [0.25, 0.3) is 0 Å². The second-order valence-electron chi connectivity index (χ2n) is 4.10. The van der Waals surface area contributed by atoms with E-state index < -0.39 is 0 Å². The summed E-state index contributed by atoms with van der Waals surface area (Å²) in [6, 6.07) is 6.35. The lowest BCUT2D eigenvalue weighted by atomic mass is 10.0. The molecule has 1 aliphatic rings. The Balaban J connectivity index is 1.87. The molecular formula is C13H18O2. The van der Waals surface area contributed by atoms with Gasteiger partial charge in [0.15, 0.2) is 5.75 Å². The van der Waals surface area contributed by atoms with Crippen LogP contribution in [0.4, 0.5) is 0 Å². The normalized spacial score (nSPS) is 13.7. The number of hydrogen-bond donors (Lipinski definition) is 0. The van der Waals surface area contributed by atoms with Crippen molar-refractivity contribution in [3.8, 4) is 5.75 Å². The Hall–Kier alpha value is -1.02. The molecule has 0 atom stereocenters. The van der Waals surface area contributed by atoms with Crippen LogP contribution in [0.5, 0.6) is 5.75 Å². The summed E-state index contributed by atoms with van der Waals surface area (Å²) in [5, 5.41) is 0. The molecule has 0 N–H and O–H groups in total. The Morgan fingerprint density at radius 1 is 1.20 bits per heavy atom. The van der Waals surface area contributed by atoms with E-state index in [-0.39, 0.29) is 0 Å². The van der Waals surface area contributed by atoms with Crippen molar-refractivity contribution in [2.75, 3.05) is 0 Å². The molecule has 0 radical (unpaired) electrons. The number of rotatable bonds is 5. The molecule has 1 aliphatic heterocycles. The van der Waals surface area contributed by atoms with Crippen LogP contribution in [0.2, 0.25) is 0 Å². The molecule has 0 amide bonds. The van der Waals surface area contributed by atoms with E-state index in [1.807, 2.05) is 6.07 Å². The Labute approximate surface area is 91.1 Å². The highest BCUT2D eigenvalue weighted by atomic mass is 17.2. The Kier molecular flexibility index (Phi) is 3.62. The molecule has 15 heavy (non-hydrogen) atoms. The predicted molar refractivity (Wildman–Crippen MR) is 59.7 cm³/mol. The van der Waals surface area contributed by atoms with Crippen LogP contribution in [-0.4, -0.2) is 0 Å². The first-order valence-corrected chi connectivity index (χ1v) is 5.81. The lowest BCUT2D eigenvalue weighted by molar-refractivity contribution is -0.194. The van der Waals surface area contributed by atoms with E-state index in [4.69, 9.17) is 9.78 Å². The largest absolute Gasteiger partial charge is 0.337 e. The lowest BCUT2D eigenvalue weighted by Gasteiger charge is -2.02. The smallest absolute Gasteiger partial charge is 0.171 e. The maximum atomic E-state index is 5.00. The molecular weight excluding hydrogens is 188 g/mol. The van der Waals surface area contributed by atoms with E-state index in [9.17, 15) is 0 Å². The van der Waals surface area contributed by atoms with Crippen molar-refractivity contribution in [1.82, 2.24) is 0 Å². The van der Waals surface area contributed by atoms with Gasteiger partial charge in [0.2, 0.25) is 0 Å². The molecule has 2 rings (SSSR count). The van der Waals surface area contributed by atoms with Crippen LogP contribution >= 0.6 is 0 Å². The zero-order valence-corrected chi connectivity index (χ0v) is 9.29. The van der Waals surface area contributed by atoms with Gasteiger partial charge in [-0.05, 0) is 30.5 Å². The van der Waals surface area contributed by atoms with Gasteiger partial charge in [-0.1, -0.05) is 32.3 Å². The number of fused-ring (bicyclic) bond motifs is 1. The molecule has 0 bridgehead atoms. The molecule has 82 valence electrons. The van der Waals surface area contributed by atoms with Crippen molar-refractivity contribution in [3.05, 3.63) is 29.3 Å². The summed E-state index contributed by atoms with van der Waals surface area (Å²) in [5.74, 6) is 0.882. The predicted octanol–water partition coefficient (Wildman–Crippen LogP) is 3.63. The first-order chi connectivity index (χ1) is 7.40. The van der Waals surface area contributed by atoms with E-state index in [0.717, 1.165) is 5.75 Å². The topological polar surface area (TPSA) is 18.5 Å². The molecule has 0 fully saturated rings. The summed E-state index contributed by atoms with van der Waals surface area (Å²) in [5.41, 5.74) is 2.59. The Morgan fingerprint density at radius 2 is 2.13 bits per heavy atom. The van der Waals surface area contributed by atoms with Gasteiger partial charge in [-0.3, -0.25) is 0 Å². The summed E-state index contributed by atoms with van der Waals surface area (Å²) in [6.07, 6.45) is 6.44. The van der Waals surface area contributed by atoms with E-state index in [1.165, 1.54) is 43.2 Å². The molecule has 2 nitrogen and oxygen atoms in total. The van der Waals surface area contributed by atoms with Crippen molar-refractivity contribution >= 4 is 0 Å². The van der Waals surface area contributed by atoms with Crippen molar-refractivity contribution in [3.63, 3.8) is 0 Å². The third kappa shape index (κ3) is 2.72. The van der Waals surface area contributed by atoms with Crippen LogP contribution in [0, 0.1) is 0 Å². The third-order valence-corrected chi connectivity index (χ3v) is 2.81. The van der Waals surface area contributed by atoms with E-state index >= 15 is 0 Å². The van der Waals surface area contributed by atoms with Crippen LogP contribution in [0.3, 0.4) is 0 Å². The minimum atomic E-state index is 0.595. The third-order valence-electron chi connectivity index (χ3n) is 2.81. The molecule has 0 saturated heterocycles. The molecule has 0 saturated carbocycles. The number of aryl methyl sites for hydroxylation is 1. The molecule has 1 aromatic carbocycles. The quantitative estimate of drug-likeness (QED) is 0.541. The van der Waals surface area contributed by atoms with Crippen molar-refractivity contribution in [2.24, 2.45) is 0 Å². The fourth-order valence-electron chi connectivity index (χ4n) is 1.89. The highest BCUT2D eigenvalue weighted by Gasteiger charge is 2.13. The van der Waals surface area contributed by atoms with Gasteiger partial charge >= 0.3 is 0 Å². The minimum absolute atomic E-state index is 0.595. The van der Waals surface area contributed by atoms with E-state index in [1.54, 1.807) is 0 Å². The molecule has 1 aromatic rings. The SMILES string of the molecule is CCCCCCc1ccc2c(c1)COO2. The summed E-state index contributed by atoms with van der Waals surface area (Å²) in [7, 11) is 0. The van der Waals surface area contributed by atoms with Gasteiger partial charge in [0.05, 0.1) is 0 Å². The van der Waals surface area contributed by atoms with Gasteiger partial charge in [-0.15, -0.1) is 0 Å². The second-order valence-corrected chi connectivity index (χ2v) is 4.10. The molecule has 2 heteroatoms. The van der Waals surface area contributed by atoms with E-state index in [0.29, 0.717) is 6.61 Å². The fourth-order valence-corrected chi connectivity index (χ4v) is 1.89. The summed E-state index contributed by atoms with van der Waals surface area (Å²) >= 11 is 0. The fraction of sp³-hybridized carbons (Fsp3) is 0.538. The first-order valence-electron chi connectivity index (χ1n) is 5.81. The van der Waals surface area contributed by atoms with Gasteiger partial charge in [0, 0.05) is 5.56 Å². The highest BCUT2D eigenvalue weighted by molar-refractivity contribution is 5.37. The van der Waals surface area contributed by atoms with Crippen LogP contribution in [0.1, 0.15) is 43.7 Å². The molecule has 0 aliphatic carbocycles. The molecule has 0 spiro atoms. The first kappa shape index (κ1) is 10.5. The van der Waals surface area contributed by atoms with Crippen LogP contribution < -0.4 is 4.89 Å². The van der Waals surface area contributed by atoms with Gasteiger partial charge in [0.25, 0.3) is 0 Å². The van der Waals surface area contributed by atoms with Gasteiger partial charge in [-0.25, -0.2) is 0 Å². The minimum Gasteiger partial charge on any atom is -0.337 e. The highest BCUT2D eigenvalue weighted by Crippen LogP contribution is 2.27. The lowest BCUT2D eigenvalue weighted by Crippen LogP contribution is -1.87. The van der Waals surface area contributed by atoms with Gasteiger partial charge < -0.3 is 4.89 Å². The number of unbranched alkanes of at least 4 members (excludes halogenated alkanes) is 3. The van der Waals surface area contributed by atoms with Crippen molar-refractivity contribution in [1.29, 1.82) is 0 Å². The van der Waals surface area contributed by atoms with Gasteiger partial charge in [0.1, 0.15) is 6.61 Å². The number of hydrogen-bond acceptors (Lipinski definition) is 2. The zero-order valence-electron chi connectivity index (χ0n) is 9.29. The zero-order chi connectivity index (χ0) is 10.5.